The molecule has 1 amide bonds. The molecule has 2 nitrogen and oxygen atoms in total. The molecule has 1 saturated heterocycles. The summed E-state index contributed by atoms with van der Waals surface area (Å²) in [5, 5.41) is 0. The molecule has 1 aliphatic carbocycles. The second-order valence-corrected chi connectivity index (χ2v) is 3.68. The Morgan fingerprint density at radius 3 is 3.08 bits per heavy atom. The number of amides is 1. The van der Waals surface area contributed by atoms with Crippen LogP contribution in [-0.2, 0) is 4.79 Å². The van der Waals surface area contributed by atoms with Crippen molar-refractivity contribution in [3.8, 4) is 0 Å². The molecule has 1 saturated carbocycles. The van der Waals surface area contributed by atoms with E-state index in [1.165, 1.54) is 18.9 Å². The van der Waals surface area contributed by atoms with Crippen molar-refractivity contribution in [1.82, 2.24) is 4.90 Å². The van der Waals surface area contributed by atoms with Gasteiger partial charge in [-0.3, -0.25) is 4.79 Å². The molecule has 2 unspecified atom stereocenters. The fraction of sp³-hybridized carbons (Fsp3) is 0.600. The highest BCUT2D eigenvalue weighted by molar-refractivity contribution is 5.87. The maximum Gasteiger partial charge on any atom is 0.245 e. The zero-order valence-electron chi connectivity index (χ0n) is 7.20. The van der Waals surface area contributed by atoms with E-state index in [9.17, 15) is 4.79 Å². The molecular weight excluding hydrogens is 150 g/mol. The lowest BCUT2D eigenvalue weighted by Crippen LogP contribution is -2.27. The summed E-state index contributed by atoms with van der Waals surface area (Å²) in [6, 6.07) is 0. The van der Waals surface area contributed by atoms with Crippen LogP contribution in [0.1, 0.15) is 12.8 Å². The van der Waals surface area contributed by atoms with Gasteiger partial charge in [0, 0.05) is 13.1 Å². The highest BCUT2D eigenvalue weighted by Crippen LogP contribution is 2.36. The molecule has 0 spiro atoms. The average Bonchev–Trinajstić information content (AvgIpc) is 2.60. The first kappa shape index (κ1) is 7.84. The molecule has 2 fully saturated rings. The smallest absolute Gasteiger partial charge is 0.245 e. The van der Waals surface area contributed by atoms with E-state index in [2.05, 4.69) is 13.0 Å². The average molecular weight is 164 g/mol. The molecule has 2 heteroatoms. The molecule has 65 valence electrons. The van der Waals surface area contributed by atoms with Crippen molar-refractivity contribution in [3.63, 3.8) is 0 Å². The Balaban J connectivity index is 1.98. The van der Waals surface area contributed by atoms with Gasteiger partial charge >= 0.3 is 0 Å². The molecule has 12 heavy (non-hydrogen) atoms. The summed E-state index contributed by atoms with van der Waals surface area (Å²) >= 11 is 0. The third-order valence-corrected chi connectivity index (χ3v) is 2.98. The molecule has 2 atom stereocenters. The van der Waals surface area contributed by atoms with E-state index in [0.29, 0.717) is 5.92 Å². The lowest BCUT2D eigenvalue weighted by Gasteiger charge is -2.14. The molecule has 2 aliphatic rings. The van der Waals surface area contributed by atoms with Crippen molar-refractivity contribution in [2.75, 3.05) is 13.1 Å². The van der Waals surface area contributed by atoms with Crippen molar-refractivity contribution in [3.05, 3.63) is 19.1 Å². The van der Waals surface area contributed by atoms with Gasteiger partial charge in [0.15, 0.2) is 0 Å². The first-order valence-electron chi connectivity index (χ1n) is 4.56. The lowest BCUT2D eigenvalue weighted by molar-refractivity contribution is -0.125. The molecule has 0 aromatic heterocycles. The third-order valence-electron chi connectivity index (χ3n) is 2.98. The minimum atomic E-state index is 0.0952. The minimum absolute atomic E-state index is 0.0952. The largest absolute Gasteiger partial charge is 0.339 e. The van der Waals surface area contributed by atoms with Gasteiger partial charge in [-0.2, -0.15) is 0 Å². The monoisotopic (exact) mass is 164 g/mol. The maximum atomic E-state index is 11.2. The van der Waals surface area contributed by atoms with Crippen molar-refractivity contribution in [1.29, 1.82) is 0 Å². The van der Waals surface area contributed by atoms with E-state index < -0.39 is 0 Å². The van der Waals surface area contributed by atoms with E-state index >= 15 is 0 Å². The number of hydrogen-bond donors (Lipinski definition) is 0. The zero-order valence-corrected chi connectivity index (χ0v) is 7.20. The molecule has 2 rings (SSSR count). The van der Waals surface area contributed by atoms with Gasteiger partial charge in [0.05, 0.1) is 0 Å². The number of hydrogen-bond acceptors (Lipinski definition) is 1. The minimum Gasteiger partial charge on any atom is -0.339 e. The first-order valence-corrected chi connectivity index (χ1v) is 4.56. The summed E-state index contributed by atoms with van der Waals surface area (Å²) in [6.07, 6.45) is 6.29. The second kappa shape index (κ2) is 2.92. The van der Waals surface area contributed by atoms with Crippen LogP contribution in [0.4, 0.5) is 0 Å². The molecule has 0 N–H and O–H groups in total. The Bertz CT molecular complexity index is 200. The number of carbonyl (C=O) groups excluding carboxylic acids is 1. The fourth-order valence-corrected chi connectivity index (χ4v) is 2.30. The number of carbonyl (C=O) groups is 1. The van der Waals surface area contributed by atoms with Crippen LogP contribution in [-0.4, -0.2) is 23.9 Å². The van der Waals surface area contributed by atoms with Gasteiger partial charge in [-0.05, 0) is 37.2 Å². The van der Waals surface area contributed by atoms with E-state index in [4.69, 9.17) is 0 Å². The van der Waals surface area contributed by atoms with Gasteiger partial charge in [-0.15, -0.1) is 0 Å². The topological polar surface area (TPSA) is 20.3 Å². The number of fused-ring (bicyclic) bond motifs is 1. The van der Waals surface area contributed by atoms with Gasteiger partial charge in [-0.25, -0.2) is 0 Å². The van der Waals surface area contributed by atoms with Crippen LogP contribution >= 0.6 is 0 Å². The van der Waals surface area contributed by atoms with E-state index in [-0.39, 0.29) is 5.91 Å². The van der Waals surface area contributed by atoms with Crippen LogP contribution in [0.15, 0.2) is 12.7 Å². The summed E-state index contributed by atoms with van der Waals surface area (Å²) in [5.74, 6) is 1.51. The maximum absolute atomic E-state index is 11.2. The molecule has 1 aliphatic heterocycles. The summed E-state index contributed by atoms with van der Waals surface area (Å²) in [4.78, 5) is 13.2. The van der Waals surface area contributed by atoms with Gasteiger partial charge in [-0.1, -0.05) is 6.58 Å². The van der Waals surface area contributed by atoms with Crippen LogP contribution in [0, 0.1) is 18.3 Å². The summed E-state index contributed by atoms with van der Waals surface area (Å²) in [7, 11) is 0. The van der Waals surface area contributed by atoms with Gasteiger partial charge < -0.3 is 4.90 Å². The SMILES string of the molecule is C=CC(=O)N1CC2[CH]CCC2C1. The van der Waals surface area contributed by atoms with Gasteiger partial charge in [0.1, 0.15) is 0 Å². The molecule has 0 aromatic rings. The molecule has 0 bridgehead atoms. The quantitative estimate of drug-likeness (QED) is 0.534. The predicted molar refractivity (Wildman–Crippen MR) is 47.3 cm³/mol. The van der Waals surface area contributed by atoms with Crippen molar-refractivity contribution < 1.29 is 4.79 Å². The van der Waals surface area contributed by atoms with Crippen molar-refractivity contribution in [2.45, 2.75) is 12.8 Å². The normalized spacial score (nSPS) is 33.5. The van der Waals surface area contributed by atoms with Crippen LogP contribution in [0.25, 0.3) is 0 Å². The summed E-state index contributed by atoms with van der Waals surface area (Å²) in [6.45, 7) is 5.37. The number of rotatable bonds is 1. The van der Waals surface area contributed by atoms with Crippen molar-refractivity contribution in [2.24, 2.45) is 11.8 Å². The van der Waals surface area contributed by atoms with Crippen LogP contribution in [0.5, 0.6) is 0 Å². The van der Waals surface area contributed by atoms with Crippen LogP contribution in [0.2, 0.25) is 0 Å². The Hall–Kier alpha value is -0.790. The highest BCUT2D eigenvalue weighted by Gasteiger charge is 2.37. The highest BCUT2D eigenvalue weighted by atomic mass is 16.2. The molecule has 1 radical (unpaired) electrons. The van der Waals surface area contributed by atoms with Crippen LogP contribution in [0.3, 0.4) is 0 Å². The van der Waals surface area contributed by atoms with E-state index in [0.717, 1.165) is 19.0 Å². The predicted octanol–water partition coefficient (Wildman–Crippen LogP) is 1.25. The van der Waals surface area contributed by atoms with Gasteiger partial charge in [0.2, 0.25) is 5.91 Å². The number of nitrogens with zero attached hydrogens (tertiary/aromatic N) is 1. The second-order valence-electron chi connectivity index (χ2n) is 3.68. The fourth-order valence-electron chi connectivity index (χ4n) is 2.30. The summed E-state index contributed by atoms with van der Waals surface area (Å²) in [5.41, 5.74) is 0. The van der Waals surface area contributed by atoms with Crippen LogP contribution < -0.4 is 0 Å². The van der Waals surface area contributed by atoms with E-state index in [1.54, 1.807) is 0 Å². The first-order chi connectivity index (χ1) is 5.81. The Kier molecular flexibility index (Phi) is 1.91. The Labute approximate surface area is 73.2 Å². The number of likely N-dealkylation sites (tertiary alicyclic amines) is 1. The molecule has 0 aromatic carbocycles. The molecule has 1 heterocycles. The standard InChI is InChI=1S/C10H14NO/c1-2-10(12)11-6-8-4-3-5-9(8)7-11/h2,4,8-9H,1,3,5-7H2. The lowest BCUT2D eigenvalue weighted by atomic mass is 10.0. The Morgan fingerprint density at radius 2 is 2.42 bits per heavy atom. The van der Waals surface area contributed by atoms with Crippen molar-refractivity contribution >= 4 is 5.91 Å². The zero-order chi connectivity index (χ0) is 8.55. The van der Waals surface area contributed by atoms with Gasteiger partial charge in [0.25, 0.3) is 0 Å². The van der Waals surface area contributed by atoms with E-state index in [1.807, 2.05) is 4.90 Å². The molecular formula is C10H14NO. The third kappa shape index (κ3) is 1.15. The summed E-state index contributed by atoms with van der Waals surface area (Å²) < 4.78 is 0. The Morgan fingerprint density at radius 1 is 1.58 bits per heavy atom.